The Morgan fingerprint density at radius 3 is 2.30 bits per heavy atom. The van der Waals surface area contributed by atoms with Gasteiger partial charge in [-0.25, -0.2) is 0 Å². The van der Waals surface area contributed by atoms with E-state index < -0.39 is 0 Å². The van der Waals surface area contributed by atoms with Crippen LogP contribution in [0.3, 0.4) is 0 Å². The molecule has 1 fully saturated rings. The van der Waals surface area contributed by atoms with E-state index in [4.69, 9.17) is 0 Å². The van der Waals surface area contributed by atoms with Gasteiger partial charge in [-0.3, -0.25) is 0 Å². The van der Waals surface area contributed by atoms with Crippen LogP contribution in [0.4, 0.5) is 0 Å². The molecule has 3 atom stereocenters. The van der Waals surface area contributed by atoms with Crippen LogP contribution >= 0.6 is 0 Å². The zero-order valence-corrected chi connectivity index (χ0v) is 13.7. The molecule has 0 spiro atoms. The molecule has 0 bridgehead atoms. The lowest BCUT2D eigenvalue weighted by Crippen LogP contribution is -2.31. The quantitative estimate of drug-likeness (QED) is 0.739. The molecule has 0 saturated heterocycles. The van der Waals surface area contributed by atoms with Gasteiger partial charge in [-0.05, 0) is 50.5 Å². The van der Waals surface area contributed by atoms with Crippen molar-refractivity contribution in [2.75, 3.05) is 0 Å². The van der Waals surface area contributed by atoms with Crippen molar-refractivity contribution in [3.63, 3.8) is 0 Å². The van der Waals surface area contributed by atoms with Crippen LogP contribution in [0.25, 0.3) is 0 Å². The highest BCUT2D eigenvalue weighted by atomic mass is 14.9. The Bertz CT molecular complexity index is 393. The Balaban J connectivity index is 1.88. The smallest absolute Gasteiger partial charge is 0.0294 e. The lowest BCUT2D eigenvalue weighted by Gasteiger charge is -2.23. The average molecular weight is 273 g/mol. The molecule has 0 radical (unpaired) electrons. The highest BCUT2D eigenvalue weighted by Gasteiger charge is 2.22. The van der Waals surface area contributed by atoms with E-state index in [1.54, 1.807) is 0 Å². The maximum atomic E-state index is 3.85. The van der Waals surface area contributed by atoms with Gasteiger partial charge in [-0.15, -0.1) is 0 Å². The molecule has 3 unspecified atom stereocenters. The number of rotatable bonds is 4. The highest BCUT2D eigenvalue weighted by Crippen LogP contribution is 2.29. The Hall–Kier alpha value is -0.820. The summed E-state index contributed by atoms with van der Waals surface area (Å²) in [6, 6.07) is 10.1. The Morgan fingerprint density at radius 2 is 1.65 bits per heavy atom. The fourth-order valence-electron chi connectivity index (χ4n) is 3.47. The Kier molecular flexibility index (Phi) is 5.65. The van der Waals surface area contributed by atoms with Crippen molar-refractivity contribution in [2.45, 2.75) is 71.9 Å². The molecule has 1 saturated carbocycles. The van der Waals surface area contributed by atoms with E-state index in [9.17, 15) is 0 Å². The first-order valence-corrected chi connectivity index (χ1v) is 8.39. The van der Waals surface area contributed by atoms with Crippen LogP contribution in [-0.2, 0) is 0 Å². The molecule has 0 aliphatic heterocycles. The van der Waals surface area contributed by atoms with E-state index in [0.717, 1.165) is 11.8 Å². The van der Waals surface area contributed by atoms with Gasteiger partial charge in [0.2, 0.25) is 0 Å². The first kappa shape index (κ1) is 15.6. The van der Waals surface area contributed by atoms with Gasteiger partial charge >= 0.3 is 0 Å². The van der Waals surface area contributed by atoms with E-state index in [-0.39, 0.29) is 0 Å². The summed E-state index contributed by atoms with van der Waals surface area (Å²) in [5.41, 5.74) is 2.76. The van der Waals surface area contributed by atoms with Crippen LogP contribution in [0.2, 0.25) is 0 Å². The van der Waals surface area contributed by atoms with E-state index in [1.807, 2.05) is 0 Å². The summed E-state index contributed by atoms with van der Waals surface area (Å²) in [5, 5.41) is 3.85. The molecule has 112 valence electrons. The fraction of sp³-hybridized carbons (Fsp3) is 0.684. The van der Waals surface area contributed by atoms with Crippen LogP contribution in [0, 0.1) is 18.8 Å². The predicted octanol–water partition coefficient (Wildman–Crippen LogP) is 5.25. The standard InChI is InChI=1S/C19H31N/c1-14(2)17-6-5-7-19(13-12-17)20-16(4)18-10-8-15(3)9-11-18/h8-11,14,16-17,19-20H,5-7,12-13H2,1-4H3. The zero-order valence-electron chi connectivity index (χ0n) is 13.7. The molecular formula is C19H31N. The molecule has 1 aliphatic carbocycles. The number of hydrogen-bond donors (Lipinski definition) is 1. The summed E-state index contributed by atoms with van der Waals surface area (Å²) in [6.45, 7) is 9.22. The minimum Gasteiger partial charge on any atom is -0.307 e. The Morgan fingerprint density at radius 1 is 0.950 bits per heavy atom. The molecule has 0 amide bonds. The minimum atomic E-state index is 0.469. The van der Waals surface area contributed by atoms with Crippen molar-refractivity contribution in [1.82, 2.24) is 5.32 Å². The summed E-state index contributed by atoms with van der Waals surface area (Å²) in [6.07, 6.45) is 6.91. The lowest BCUT2D eigenvalue weighted by atomic mass is 9.89. The third kappa shape index (κ3) is 4.34. The minimum absolute atomic E-state index is 0.469. The van der Waals surface area contributed by atoms with Crippen LogP contribution in [0.1, 0.15) is 70.0 Å². The molecule has 2 rings (SSSR count). The molecule has 0 aromatic heterocycles. The van der Waals surface area contributed by atoms with Crippen LogP contribution in [-0.4, -0.2) is 6.04 Å². The van der Waals surface area contributed by atoms with Crippen molar-refractivity contribution in [1.29, 1.82) is 0 Å². The van der Waals surface area contributed by atoms with Gasteiger partial charge in [0.25, 0.3) is 0 Å². The SMILES string of the molecule is Cc1ccc(C(C)NC2CCCC(C(C)C)CC2)cc1. The summed E-state index contributed by atoms with van der Waals surface area (Å²) in [7, 11) is 0. The van der Waals surface area contributed by atoms with Crippen molar-refractivity contribution >= 4 is 0 Å². The maximum absolute atomic E-state index is 3.85. The molecule has 1 aromatic carbocycles. The Labute approximate surface area is 125 Å². The van der Waals surface area contributed by atoms with Gasteiger partial charge in [0.15, 0.2) is 0 Å². The summed E-state index contributed by atoms with van der Waals surface area (Å²) >= 11 is 0. The number of nitrogens with one attached hydrogen (secondary N) is 1. The summed E-state index contributed by atoms with van der Waals surface area (Å²) in [4.78, 5) is 0. The van der Waals surface area contributed by atoms with Gasteiger partial charge in [0, 0.05) is 12.1 Å². The first-order chi connectivity index (χ1) is 9.56. The van der Waals surface area contributed by atoms with Crippen molar-refractivity contribution < 1.29 is 0 Å². The highest BCUT2D eigenvalue weighted by molar-refractivity contribution is 5.23. The van der Waals surface area contributed by atoms with E-state index >= 15 is 0 Å². The zero-order chi connectivity index (χ0) is 14.5. The van der Waals surface area contributed by atoms with Crippen molar-refractivity contribution in [2.24, 2.45) is 11.8 Å². The van der Waals surface area contributed by atoms with E-state index in [2.05, 4.69) is 57.3 Å². The first-order valence-electron chi connectivity index (χ1n) is 8.39. The van der Waals surface area contributed by atoms with Crippen LogP contribution in [0.5, 0.6) is 0 Å². The van der Waals surface area contributed by atoms with E-state index in [0.29, 0.717) is 12.1 Å². The molecule has 1 N–H and O–H groups in total. The van der Waals surface area contributed by atoms with E-state index in [1.165, 1.54) is 43.2 Å². The van der Waals surface area contributed by atoms with Gasteiger partial charge in [-0.1, -0.05) is 56.5 Å². The number of benzene rings is 1. The summed E-state index contributed by atoms with van der Waals surface area (Å²) < 4.78 is 0. The largest absolute Gasteiger partial charge is 0.307 e. The second-order valence-corrected chi connectivity index (χ2v) is 7.01. The molecule has 1 aliphatic rings. The maximum Gasteiger partial charge on any atom is 0.0294 e. The molecule has 1 nitrogen and oxygen atoms in total. The molecular weight excluding hydrogens is 242 g/mol. The third-order valence-electron chi connectivity index (χ3n) is 5.02. The third-order valence-corrected chi connectivity index (χ3v) is 5.02. The molecule has 1 aromatic rings. The average Bonchev–Trinajstić information content (AvgIpc) is 2.65. The monoisotopic (exact) mass is 273 g/mol. The topological polar surface area (TPSA) is 12.0 Å². The fourth-order valence-corrected chi connectivity index (χ4v) is 3.47. The molecule has 20 heavy (non-hydrogen) atoms. The number of hydrogen-bond acceptors (Lipinski definition) is 1. The van der Waals surface area contributed by atoms with Crippen LogP contribution in [0.15, 0.2) is 24.3 Å². The van der Waals surface area contributed by atoms with Crippen molar-refractivity contribution in [3.8, 4) is 0 Å². The van der Waals surface area contributed by atoms with Gasteiger partial charge in [0.1, 0.15) is 0 Å². The second-order valence-electron chi connectivity index (χ2n) is 7.01. The van der Waals surface area contributed by atoms with Gasteiger partial charge in [0.05, 0.1) is 0 Å². The molecule has 0 heterocycles. The summed E-state index contributed by atoms with van der Waals surface area (Å²) in [5.74, 6) is 1.79. The lowest BCUT2D eigenvalue weighted by molar-refractivity contribution is 0.335. The second kappa shape index (κ2) is 7.26. The van der Waals surface area contributed by atoms with Gasteiger partial charge in [-0.2, -0.15) is 0 Å². The normalized spacial score (nSPS) is 25.4. The van der Waals surface area contributed by atoms with Crippen molar-refractivity contribution in [3.05, 3.63) is 35.4 Å². The number of aryl methyl sites for hydroxylation is 1. The predicted molar refractivity (Wildman–Crippen MR) is 87.9 cm³/mol. The van der Waals surface area contributed by atoms with Gasteiger partial charge < -0.3 is 5.32 Å². The molecule has 1 heteroatoms. The van der Waals surface area contributed by atoms with Crippen LogP contribution < -0.4 is 5.32 Å².